The van der Waals surface area contributed by atoms with Gasteiger partial charge in [0.05, 0.1) is 39.5 Å². The third-order valence-corrected chi connectivity index (χ3v) is 9.92. The highest BCUT2D eigenvalue weighted by Gasteiger charge is 2.34. The standard InChI is InChI=1S/C31H27FN6O2S3/c1-19-6-3-7-24(20(19)2)37-28(17-33-30(40)27-9-5-15-42-27)34-35-31(37)43-18-29(39)38-25(21-10-12-22(32)13-11-21)16-23(36-38)26-8-4-14-41-26/h3-15,25H,16-18H2,1-2H3,(H,33,40)/t25-/m1/s1. The Labute approximate surface area is 260 Å². The van der Waals surface area contributed by atoms with Gasteiger partial charge in [-0.15, -0.1) is 32.9 Å². The van der Waals surface area contributed by atoms with E-state index in [4.69, 9.17) is 5.10 Å². The van der Waals surface area contributed by atoms with Crippen LogP contribution in [0.5, 0.6) is 0 Å². The van der Waals surface area contributed by atoms with Crippen LogP contribution in [0.4, 0.5) is 4.39 Å². The zero-order chi connectivity index (χ0) is 29.9. The van der Waals surface area contributed by atoms with Crippen LogP contribution in [0, 0.1) is 19.7 Å². The molecule has 1 N–H and O–H groups in total. The van der Waals surface area contributed by atoms with Crippen molar-refractivity contribution in [3.8, 4) is 5.69 Å². The molecule has 0 saturated heterocycles. The molecule has 12 heteroatoms. The lowest BCUT2D eigenvalue weighted by molar-refractivity contribution is -0.130. The van der Waals surface area contributed by atoms with Gasteiger partial charge in [0.25, 0.3) is 11.8 Å². The van der Waals surface area contributed by atoms with E-state index in [-0.39, 0.29) is 36.0 Å². The quantitative estimate of drug-likeness (QED) is 0.187. The Morgan fingerprint density at radius 1 is 1.00 bits per heavy atom. The van der Waals surface area contributed by atoms with Crippen LogP contribution in [0.1, 0.15) is 49.5 Å². The number of carbonyl (C=O) groups is 2. The number of nitrogens with zero attached hydrogens (tertiary/aromatic N) is 5. The van der Waals surface area contributed by atoms with E-state index in [1.54, 1.807) is 29.5 Å². The first-order valence-electron chi connectivity index (χ1n) is 13.5. The molecule has 0 fully saturated rings. The fourth-order valence-corrected chi connectivity index (χ4v) is 7.03. The molecule has 2 aromatic carbocycles. The molecule has 218 valence electrons. The van der Waals surface area contributed by atoms with Crippen molar-refractivity contribution in [3.05, 3.63) is 116 Å². The predicted molar refractivity (Wildman–Crippen MR) is 169 cm³/mol. The van der Waals surface area contributed by atoms with E-state index in [2.05, 4.69) is 15.5 Å². The number of rotatable bonds is 9. The maximum atomic E-state index is 13.7. The van der Waals surface area contributed by atoms with Crippen LogP contribution in [-0.2, 0) is 11.3 Å². The molecule has 0 aliphatic carbocycles. The number of halogens is 1. The van der Waals surface area contributed by atoms with E-state index >= 15 is 0 Å². The summed E-state index contributed by atoms with van der Waals surface area (Å²) in [5.41, 5.74) is 4.66. The molecule has 0 radical (unpaired) electrons. The molecule has 1 atom stereocenters. The molecule has 8 nitrogen and oxygen atoms in total. The van der Waals surface area contributed by atoms with Crippen molar-refractivity contribution in [3.63, 3.8) is 0 Å². The van der Waals surface area contributed by atoms with Crippen LogP contribution in [0.15, 0.2) is 87.7 Å². The largest absolute Gasteiger partial charge is 0.344 e. The summed E-state index contributed by atoms with van der Waals surface area (Å²) >= 11 is 4.20. The number of carbonyl (C=O) groups excluding carboxylic acids is 2. The molecular formula is C31H27FN6O2S3. The second-order valence-electron chi connectivity index (χ2n) is 9.94. The number of hydrazone groups is 1. The van der Waals surface area contributed by atoms with E-state index < -0.39 is 0 Å². The lowest BCUT2D eigenvalue weighted by Crippen LogP contribution is -2.28. The van der Waals surface area contributed by atoms with Gasteiger partial charge >= 0.3 is 0 Å². The lowest BCUT2D eigenvalue weighted by Gasteiger charge is -2.22. The summed E-state index contributed by atoms with van der Waals surface area (Å²) in [6.07, 6.45) is 0.537. The van der Waals surface area contributed by atoms with Crippen molar-refractivity contribution in [2.24, 2.45) is 5.10 Å². The highest BCUT2D eigenvalue weighted by atomic mass is 32.2. The van der Waals surface area contributed by atoms with Crippen LogP contribution in [0.2, 0.25) is 0 Å². The Morgan fingerprint density at radius 2 is 1.79 bits per heavy atom. The maximum Gasteiger partial charge on any atom is 0.261 e. The number of hydrogen-bond donors (Lipinski definition) is 1. The summed E-state index contributed by atoms with van der Waals surface area (Å²) in [7, 11) is 0. The van der Waals surface area contributed by atoms with Crippen molar-refractivity contribution >= 4 is 52.0 Å². The Morgan fingerprint density at radius 3 is 2.53 bits per heavy atom. The molecule has 1 aliphatic rings. The molecule has 4 heterocycles. The molecule has 1 aliphatic heterocycles. The molecule has 0 unspecified atom stereocenters. The number of amides is 2. The number of aromatic nitrogens is 3. The Hall–Kier alpha value is -4.13. The molecule has 0 spiro atoms. The maximum absolute atomic E-state index is 13.7. The second kappa shape index (κ2) is 12.6. The van der Waals surface area contributed by atoms with Crippen LogP contribution in [0.3, 0.4) is 0 Å². The van der Waals surface area contributed by atoms with Gasteiger partial charge in [-0.3, -0.25) is 14.2 Å². The first-order valence-corrected chi connectivity index (χ1v) is 16.3. The van der Waals surface area contributed by atoms with Crippen LogP contribution in [-0.4, -0.2) is 43.1 Å². The number of thioether (sulfide) groups is 1. The number of hydrogen-bond acceptors (Lipinski definition) is 8. The van der Waals surface area contributed by atoms with Gasteiger partial charge in [-0.25, -0.2) is 9.40 Å². The van der Waals surface area contributed by atoms with Crippen molar-refractivity contribution in [1.82, 2.24) is 25.1 Å². The topological polar surface area (TPSA) is 92.5 Å². The van der Waals surface area contributed by atoms with Gasteiger partial charge in [-0.2, -0.15) is 5.10 Å². The first kappa shape index (κ1) is 29.0. The van der Waals surface area contributed by atoms with E-state index in [1.165, 1.54) is 40.2 Å². The monoisotopic (exact) mass is 630 g/mol. The van der Waals surface area contributed by atoms with Gasteiger partial charge in [-0.1, -0.05) is 48.2 Å². The van der Waals surface area contributed by atoms with E-state index in [9.17, 15) is 14.0 Å². The van der Waals surface area contributed by atoms with Gasteiger partial charge in [-0.05, 0) is 71.6 Å². The summed E-state index contributed by atoms with van der Waals surface area (Å²) in [6.45, 7) is 4.22. The summed E-state index contributed by atoms with van der Waals surface area (Å²) in [5, 5.41) is 22.4. The summed E-state index contributed by atoms with van der Waals surface area (Å²) < 4.78 is 15.6. The molecule has 6 rings (SSSR count). The van der Waals surface area contributed by atoms with E-state index in [0.29, 0.717) is 22.3 Å². The smallest absolute Gasteiger partial charge is 0.261 e. The average molecular weight is 631 g/mol. The van der Waals surface area contributed by atoms with Crippen molar-refractivity contribution in [2.45, 2.75) is 38.0 Å². The fourth-order valence-electron chi connectivity index (χ4n) is 4.85. The SMILES string of the molecule is Cc1cccc(-n2c(CNC(=O)c3cccs3)nnc2SCC(=O)N2N=C(c3cccs3)C[C@@H]2c2ccc(F)cc2)c1C. The Bertz CT molecular complexity index is 1780. The minimum atomic E-state index is -0.342. The second-order valence-corrected chi connectivity index (χ2v) is 12.8. The van der Waals surface area contributed by atoms with Gasteiger partial charge in [0, 0.05) is 6.42 Å². The normalized spacial score (nSPS) is 14.6. The Kier molecular flexibility index (Phi) is 8.50. The molecular weight excluding hydrogens is 604 g/mol. The third-order valence-electron chi connectivity index (χ3n) is 7.22. The molecule has 43 heavy (non-hydrogen) atoms. The fraction of sp³-hybridized carbons (Fsp3) is 0.194. The summed E-state index contributed by atoms with van der Waals surface area (Å²) in [6, 6.07) is 19.4. The van der Waals surface area contributed by atoms with Gasteiger partial charge < -0.3 is 5.32 Å². The van der Waals surface area contributed by atoms with Gasteiger partial charge in [0.15, 0.2) is 11.0 Å². The van der Waals surface area contributed by atoms with Crippen LogP contribution in [0.25, 0.3) is 5.69 Å². The van der Waals surface area contributed by atoms with Crippen LogP contribution < -0.4 is 5.32 Å². The molecule has 3 aromatic heterocycles. The Balaban J connectivity index is 1.26. The summed E-state index contributed by atoms with van der Waals surface area (Å²) in [4.78, 5) is 28.0. The van der Waals surface area contributed by atoms with Crippen molar-refractivity contribution in [1.29, 1.82) is 0 Å². The van der Waals surface area contributed by atoms with Gasteiger partial charge in [0.2, 0.25) is 0 Å². The number of benzene rings is 2. The highest BCUT2D eigenvalue weighted by molar-refractivity contribution is 7.99. The lowest BCUT2D eigenvalue weighted by atomic mass is 10.0. The zero-order valence-electron chi connectivity index (χ0n) is 23.4. The first-order chi connectivity index (χ1) is 20.9. The summed E-state index contributed by atoms with van der Waals surface area (Å²) in [5.74, 6) is -0.104. The molecule has 0 saturated carbocycles. The minimum Gasteiger partial charge on any atom is -0.344 e. The molecule has 0 bridgehead atoms. The van der Waals surface area contributed by atoms with Crippen LogP contribution >= 0.6 is 34.4 Å². The minimum absolute atomic E-state index is 0.0590. The average Bonchev–Trinajstić information content (AvgIpc) is 3.83. The highest BCUT2D eigenvalue weighted by Crippen LogP contribution is 2.35. The predicted octanol–water partition coefficient (Wildman–Crippen LogP) is 6.55. The number of nitrogens with one attached hydrogen (secondary N) is 1. The molecule has 5 aromatic rings. The third kappa shape index (κ3) is 6.17. The number of aryl methyl sites for hydroxylation is 1. The molecule has 2 amide bonds. The van der Waals surface area contributed by atoms with Crippen molar-refractivity contribution < 1.29 is 14.0 Å². The zero-order valence-corrected chi connectivity index (χ0v) is 25.8. The van der Waals surface area contributed by atoms with E-state index in [0.717, 1.165) is 33.0 Å². The van der Waals surface area contributed by atoms with Gasteiger partial charge in [0.1, 0.15) is 5.82 Å². The number of thiophene rings is 2. The van der Waals surface area contributed by atoms with Crippen molar-refractivity contribution in [2.75, 3.05) is 5.75 Å². The van der Waals surface area contributed by atoms with E-state index in [1.807, 2.05) is 65.6 Å².